The zero-order valence-corrected chi connectivity index (χ0v) is 54.4. The monoisotopic (exact) mass is 1280 g/mol. The van der Waals surface area contributed by atoms with E-state index < -0.39 is 93.4 Å². The molecule has 0 aliphatic carbocycles. The Morgan fingerprint density at radius 3 is 1.46 bits per heavy atom. The van der Waals surface area contributed by atoms with Crippen molar-refractivity contribution in [2.75, 3.05) is 57.8 Å². The number of aromatic nitrogens is 8. The van der Waals surface area contributed by atoms with Crippen molar-refractivity contribution in [2.45, 2.75) is 108 Å². The number of hydrogen-bond acceptors (Lipinski definition) is 19. The predicted molar refractivity (Wildman–Crippen MR) is 348 cm³/mol. The maximum absolute atomic E-state index is 15.6. The van der Waals surface area contributed by atoms with Crippen LogP contribution in [0.1, 0.15) is 77.6 Å². The molecular formula is C66H79N10O13PSi. The number of aliphatic hydroxyl groups excluding tert-OH is 2. The lowest BCUT2D eigenvalue weighted by Gasteiger charge is -2.45. The number of nitrogens with zero attached hydrogens (tertiary/aromatic N) is 6. The summed E-state index contributed by atoms with van der Waals surface area (Å²) in [5.41, 5.74) is -0.0527. The van der Waals surface area contributed by atoms with E-state index in [0.717, 1.165) is 15.9 Å². The summed E-state index contributed by atoms with van der Waals surface area (Å²) < 4.78 is 71.6. The van der Waals surface area contributed by atoms with Crippen LogP contribution in [0.25, 0.3) is 22.3 Å². The van der Waals surface area contributed by atoms with Crippen molar-refractivity contribution in [3.63, 3.8) is 0 Å². The molecule has 2 fully saturated rings. The summed E-state index contributed by atoms with van der Waals surface area (Å²) in [4.78, 5) is 51.0. The third-order valence-corrected chi connectivity index (χ3v) is 22.8. The summed E-state index contributed by atoms with van der Waals surface area (Å²) in [6.45, 7) is 15.9. The van der Waals surface area contributed by atoms with Crippen LogP contribution < -0.4 is 41.6 Å². The number of H-pyrrole nitrogens is 2. The van der Waals surface area contributed by atoms with Crippen molar-refractivity contribution in [3.8, 4) is 11.5 Å². The first-order valence-electron chi connectivity index (χ1n) is 30.4. The Kier molecular flexibility index (Phi) is 19.0. The summed E-state index contributed by atoms with van der Waals surface area (Å²) in [5, 5.41) is 33.4. The highest BCUT2D eigenvalue weighted by atomic mass is 31.2. The normalized spacial score (nSPS) is 21.2. The van der Waals surface area contributed by atoms with Gasteiger partial charge in [0.1, 0.15) is 53.7 Å². The number of rotatable bonds is 25. The molecule has 91 heavy (non-hydrogen) atoms. The van der Waals surface area contributed by atoms with Crippen molar-refractivity contribution in [2.24, 2.45) is 11.8 Å². The summed E-state index contributed by atoms with van der Waals surface area (Å²) in [5.74, 6) is 2.03. The topological polar surface area (TPSA) is 283 Å². The first-order chi connectivity index (χ1) is 43.6. The van der Waals surface area contributed by atoms with Crippen LogP contribution in [0.5, 0.6) is 11.5 Å². The number of aromatic amines is 2. The largest absolute Gasteiger partial charge is 0.497 e. The molecule has 23 nitrogen and oxygen atoms in total. The van der Waals surface area contributed by atoms with Gasteiger partial charge in [-0.1, -0.05) is 164 Å². The lowest BCUT2D eigenvalue weighted by Crippen LogP contribution is -2.69. The van der Waals surface area contributed by atoms with Crippen LogP contribution in [0.15, 0.2) is 162 Å². The average Bonchev–Trinajstić information content (AvgIpc) is 0.934. The van der Waals surface area contributed by atoms with Gasteiger partial charge in [-0.2, -0.15) is 9.97 Å². The predicted octanol–water partition coefficient (Wildman–Crippen LogP) is 8.10. The van der Waals surface area contributed by atoms with E-state index in [-0.39, 0.29) is 52.7 Å². The number of fused-ring (bicyclic) bond motifs is 2. The van der Waals surface area contributed by atoms with Gasteiger partial charge in [0.25, 0.3) is 19.4 Å². The van der Waals surface area contributed by atoms with Crippen LogP contribution in [0.2, 0.25) is 5.04 Å². The summed E-state index contributed by atoms with van der Waals surface area (Å²) in [7, 11) is -4.77. The Balaban J connectivity index is 0.980. The van der Waals surface area contributed by atoms with Crippen LogP contribution in [0, 0.1) is 11.8 Å². The van der Waals surface area contributed by atoms with Crippen LogP contribution in [0.3, 0.4) is 0 Å². The number of anilines is 2. The Hall–Kier alpha value is -7.87. The van der Waals surface area contributed by atoms with Gasteiger partial charge in [0.15, 0.2) is 34.8 Å². The van der Waals surface area contributed by atoms with Crippen LogP contribution in [-0.4, -0.2) is 141 Å². The summed E-state index contributed by atoms with van der Waals surface area (Å²) in [6.07, 6.45) is -8.11. The van der Waals surface area contributed by atoms with Crippen LogP contribution in [0.4, 0.5) is 11.9 Å². The number of methoxy groups -OCH3 is 2. The fourth-order valence-corrected chi connectivity index (χ4v) is 18.0. The van der Waals surface area contributed by atoms with E-state index in [9.17, 15) is 19.8 Å². The van der Waals surface area contributed by atoms with Gasteiger partial charge in [-0.25, -0.2) is 9.97 Å². The molecule has 480 valence electrons. The van der Waals surface area contributed by atoms with Gasteiger partial charge in [0.05, 0.1) is 40.1 Å². The minimum atomic E-state index is -4.43. The molecule has 6 N–H and O–H groups in total. The highest BCUT2D eigenvalue weighted by Gasteiger charge is 2.57. The van der Waals surface area contributed by atoms with E-state index in [0.29, 0.717) is 35.7 Å². The molecule has 0 saturated carbocycles. The van der Waals surface area contributed by atoms with Crippen LogP contribution in [-0.2, 0) is 37.9 Å². The smallest absolute Gasteiger partial charge is 0.328 e. The standard InChI is InChI=1S/C66H79N10O13PSi/c1-40(2)34-67-63-71-57-51(59(79)73-63)69-38-75(57)61-53(77)55(49(86-61)36-84-66(42-20-14-11-15-21-42,43-26-30-45(82-8)31-27-43)44-28-32-46(83-9)33-29-44)88-90(10,81)85-37-50-56(89-91(65(5,6)7,47-22-16-12-17-23-47)48-24-18-13-19-25-48)54(78)62(87-50)76-39-70-52-58(76)72-64(74-60(52)80)68-35-41(3)4/h11-33,38-41,49-50,53-56,61-62,77-78H,34-37H2,1-10H3,(H2,67,71,73,79)(H2,68,72,74,80)/t49-,50-,53-,54-,55-,56-,61-,62-,90?/m1/s1. The highest BCUT2D eigenvalue weighted by Crippen LogP contribution is 2.52. The molecule has 2 saturated heterocycles. The maximum atomic E-state index is 15.6. The molecule has 0 spiro atoms. The lowest BCUT2D eigenvalue weighted by molar-refractivity contribution is -0.0933. The number of aliphatic hydroxyl groups is 2. The molecule has 0 amide bonds. The summed E-state index contributed by atoms with van der Waals surface area (Å²) in [6, 6.07) is 44.4. The molecule has 5 aromatic carbocycles. The Labute approximate surface area is 528 Å². The van der Waals surface area contributed by atoms with Gasteiger partial charge in [0.2, 0.25) is 11.9 Å². The molecule has 25 heteroatoms. The van der Waals surface area contributed by atoms with E-state index in [2.05, 4.69) is 51.3 Å². The Morgan fingerprint density at radius 2 is 1.03 bits per heavy atom. The minimum absolute atomic E-state index is 0.0132. The Bertz CT molecular complexity index is 4010. The van der Waals surface area contributed by atoms with Gasteiger partial charge in [-0.3, -0.25) is 37.8 Å². The molecule has 0 bridgehead atoms. The van der Waals surface area contributed by atoms with Gasteiger partial charge in [-0.05, 0) is 68.2 Å². The molecule has 9 atom stereocenters. The second-order valence-electron chi connectivity index (χ2n) is 24.8. The fraction of sp³-hybridized carbons (Fsp3) is 0.394. The quantitative estimate of drug-likeness (QED) is 0.0179. The second-order valence-corrected chi connectivity index (χ2v) is 31.1. The first kappa shape index (κ1) is 64.6. The zero-order valence-electron chi connectivity index (χ0n) is 52.6. The van der Waals surface area contributed by atoms with E-state index in [1.54, 1.807) is 14.2 Å². The number of ether oxygens (including phenoxy) is 5. The van der Waals surface area contributed by atoms with Gasteiger partial charge < -0.3 is 53.5 Å². The zero-order chi connectivity index (χ0) is 64.4. The minimum Gasteiger partial charge on any atom is -0.497 e. The third kappa shape index (κ3) is 13.0. The maximum Gasteiger partial charge on any atom is 0.328 e. The van der Waals surface area contributed by atoms with E-state index >= 15 is 4.57 Å². The molecule has 9 aromatic rings. The fourth-order valence-electron chi connectivity index (χ4n) is 12.1. The van der Waals surface area contributed by atoms with Crippen molar-refractivity contribution in [1.82, 2.24) is 39.0 Å². The van der Waals surface area contributed by atoms with Crippen LogP contribution >= 0.6 is 7.60 Å². The number of nitrogens with one attached hydrogen (secondary N) is 4. The Morgan fingerprint density at radius 1 is 0.615 bits per heavy atom. The van der Waals surface area contributed by atoms with E-state index in [4.69, 9.17) is 47.1 Å². The molecule has 11 rings (SSSR count). The molecule has 0 radical (unpaired) electrons. The van der Waals surface area contributed by atoms with Crippen molar-refractivity contribution < 1.29 is 51.9 Å². The van der Waals surface area contributed by atoms with Crippen molar-refractivity contribution in [3.05, 3.63) is 190 Å². The van der Waals surface area contributed by atoms with E-state index in [1.807, 2.05) is 167 Å². The second kappa shape index (κ2) is 26.8. The van der Waals surface area contributed by atoms with Gasteiger partial charge in [0, 0.05) is 19.8 Å². The van der Waals surface area contributed by atoms with Crippen molar-refractivity contribution >= 4 is 60.5 Å². The molecule has 4 aromatic heterocycles. The third-order valence-electron chi connectivity index (χ3n) is 16.5. The number of imidazole rings is 2. The average molecular weight is 1280 g/mol. The lowest BCUT2D eigenvalue weighted by atomic mass is 9.80. The molecule has 6 heterocycles. The molecule has 2 aliphatic rings. The molecule has 1 unspecified atom stereocenters. The van der Waals surface area contributed by atoms with Gasteiger partial charge >= 0.3 is 7.60 Å². The number of hydrogen-bond donors (Lipinski definition) is 6. The van der Waals surface area contributed by atoms with E-state index in [1.165, 1.54) is 28.5 Å². The first-order valence-corrected chi connectivity index (χ1v) is 34.3. The highest BCUT2D eigenvalue weighted by molar-refractivity contribution is 7.53. The summed E-state index contributed by atoms with van der Waals surface area (Å²) >= 11 is 0. The SMILES string of the molecule is COc1ccc(C(OC[C@H]2O[C@@H](n3cnc4c(=O)[nH]c(NCC(C)C)nc43)[C@H](O)[C@@H]2OP(C)(=O)OC[C@H]2O[C@@H](n3cnc4c(=O)[nH]c(NCC(C)C)nc43)[C@H](O)[C@@H]2O[Si](c2ccccc2)(c2ccccc2)C(C)(C)C)(c2ccccc2)c2ccc(OC)cc2)cc1. The number of benzene rings is 5. The van der Waals surface area contributed by atoms with Crippen molar-refractivity contribution in [1.29, 1.82) is 0 Å². The molecular weight excluding hydrogens is 1200 g/mol. The molecule has 2 aliphatic heterocycles. The van der Waals surface area contributed by atoms with Gasteiger partial charge in [-0.15, -0.1) is 0 Å².